The van der Waals surface area contributed by atoms with Crippen LogP contribution < -0.4 is 0 Å². The smallest absolute Gasteiger partial charge is 0.276 e. The van der Waals surface area contributed by atoms with Gasteiger partial charge in [0.1, 0.15) is 5.76 Å². The lowest BCUT2D eigenvalue weighted by Gasteiger charge is -2.24. The van der Waals surface area contributed by atoms with Crippen molar-refractivity contribution in [2.24, 2.45) is 0 Å². The van der Waals surface area contributed by atoms with E-state index in [-0.39, 0.29) is 11.0 Å². The van der Waals surface area contributed by atoms with Gasteiger partial charge < -0.3 is 4.42 Å². The zero-order valence-electron chi connectivity index (χ0n) is 8.56. The Labute approximate surface area is 104 Å². The Bertz CT molecular complexity index is 451. The lowest BCUT2D eigenvalue weighted by atomic mass is 10.5. The normalized spacial score (nSPS) is 18.8. The summed E-state index contributed by atoms with van der Waals surface area (Å²) in [7, 11) is -3.46. The third kappa shape index (κ3) is 2.40. The van der Waals surface area contributed by atoms with E-state index in [1.54, 1.807) is 17.8 Å². The van der Waals surface area contributed by atoms with E-state index in [9.17, 15) is 8.42 Å². The van der Waals surface area contributed by atoms with Crippen LogP contribution in [0.5, 0.6) is 0 Å². The molecule has 1 aromatic rings. The fraction of sp³-hybridized carbons (Fsp3) is 0.556. The number of rotatable bonds is 3. The molecule has 1 fully saturated rings. The second-order valence-corrected chi connectivity index (χ2v) is 6.73. The lowest BCUT2D eigenvalue weighted by molar-refractivity contribution is 0.385. The van der Waals surface area contributed by atoms with Crippen molar-refractivity contribution >= 4 is 33.4 Å². The van der Waals surface area contributed by atoms with Gasteiger partial charge in [0, 0.05) is 24.6 Å². The molecule has 1 aliphatic rings. The van der Waals surface area contributed by atoms with E-state index in [0.29, 0.717) is 18.8 Å². The maximum absolute atomic E-state index is 12.1. The minimum atomic E-state index is -3.46. The van der Waals surface area contributed by atoms with Crippen molar-refractivity contribution in [2.75, 3.05) is 24.6 Å². The van der Waals surface area contributed by atoms with E-state index in [4.69, 9.17) is 16.0 Å². The fourth-order valence-electron chi connectivity index (χ4n) is 1.48. The molecular weight excluding hydrogens is 270 g/mol. The molecule has 1 aromatic heterocycles. The number of sulfonamides is 1. The van der Waals surface area contributed by atoms with E-state index < -0.39 is 10.0 Å². The highest BCUT2D eigenvalue weighted by molar-refractivity contribution is 7.99. The molecule has 7 heteroatoms. The van der Waals surface area contributed by atoms with Crippen LogP contribution in [0.3, 0.4) is 0 Å². The van der Waals surface area contributed by atoms with Crippen LogP contribution in [-0.4, -0.2) is 37.3 Å². The Morgan fingerprint density at radius 1 is 1.38 bits per heavy atom. The molecule has 0 aromatic carbocycles. The van der Waals surface area contributed by atoms with Gasteiger partial charge in [0.15, 0.2) is 0 Å². The zero-order chi connectivity index (χ0) is 11.6. The number of hydrogen-bond acceptors (Lipinski definition) is 4. The van der Waals surface area contributed by atoms with Crippen molar-refractivity contribution in [3.8, 4) is 0 Å². The quantitative estimate of drug-likeness (QED) is 0.792. The van der Waals surface area contributed by atoms with Gasteiger partial charge in [-0.3, -0.25) is 0 Å². The lowest BCUT2D eigenvalue weighted by Crippen LogP contribution is -2.37. The summed E-state index contributed by atoms with van der Waals surface area (Å²) in [5.74, 6) is 2.34. The fourth-order valence-corrected chi connectivity index (χ4v) is 4.13. The third-order valence-electron chi connectivity index (χ3n) is 2.33. The number of nitrogens with zero attached hydrogens (tertiary/aromatic N) is 1. The minimum Gasteiger partial charge on any atom is -0.447 e. The molecule has 4 nitrogen and oxygen atoms in total. The summed E-state index contributed by atoms with van der Waals surface area (Å²) in [6.45, 7) is 1.09. The molecule has 0 atom stereocenters. The monoisotopic (exact) mass is 281 g/mol. The first-order chi connectivity index (χ1) is 7.64. The number of halogens is 1. The van der Waals surface area contributed by atoms with Crippen LogP contribution in [0.2, 0.25) is 0 Å². The molecule has 90 valence electrons. The first-order valence-corrected chi connectivity index (χ1v) is 8.00. The Hall–Kier alpha value is -0.170. The molecule has 2 rings (SSSR count). The molecule has 0 spiro atoms. The van der Waals surface area contributed by atoms with Gasteiger partial charge in [-0.05, 0) is 12.1 Å². The molecule has 16 heavy (non-hydrogen) atoms. The van der Waals surface area contributed by atoms with E-state index >= 15 is 0 Å². The van der Waals surface area contributed by atoms with Crippen molar-refractivity contribution in [2.45, 2.75) is 11.0 Å². The minimum absolute atomic E-state index is 0.00458. The average Bonchev–Trinajstić information content (AvgIpc) is 2.79. The summed E-state index contributed by atoms with van der Waals surface area (Å²) in [5, 5.41) is -0.00458. The van der Waals surface area contributed by atoms with Crippen LogP contribution in [0.25, 0.3) is 0 Å². The number of alkyl halides is 1. The summed E-state index contributed by atoms with van der Waals surface area (Å²) in [6, 6.07) is 3.06. The van der Waals surface area contributed by atoms with Crippen molar-refractivity contribution in [1.29, 1.82) is 0 Å². The largest absolute Gasteiger partial charge is 0.447 e. The van der Waals surface area contributed by atoms with Gasteiger partial charge >= 0.3 is 0 Å². The standard InChI is InChI=1S/C9H12ClNO3S2/c10-7-8-1-2-9(14-8)16(12,13)11-3-5-15-6-4-11/h1-2H,3-7H2. The molecule has 1 saturated heterocycles. The second-order valence-electron chi connectivity index (χ2n) is 3.37. The van der Waals surface area contributed by atoms with Gasteiger partial charge in [-0.1, -0.05) is 0 Å². The molecule has 0 bridgehead atoms. The summed E-state index contributed by atoms with van der Waals surface area (Å²) in [4.78, 5) is 0. The van der Waals surface area contributed by atoms with Crippen molar-refractivity contribution < 1.29 is 12.8 Å². The predicted octanol–water partition coefficient (Wildman–Crippen LogP) is 1.76. The molecule has 0 N–H and O–H groups in total. The number of furan rings is 1. The van der Waals surface area contributed by atoms with Crippen molar-refractivity contribution in [1.82, 2.24) is 4.31 Å². The van der Waals surface area contributed by atoms with Crippen molar-refractivity contribution in [3.63, 3.8) is 0 Å². The first kappa shape index (κ1) is 12.3. The van der Waals surface area contributed by atoms with Gasteiger partial charge in [0.05, 0.1) is 5.88 Å². The van der Waals surface area contributed by atoms with E-state index in [2.05, 4.69) is 0 Å². The number of thioether (sulfide) groups is 1. The van der Waals surface area contributed by atoms with Crippen LogP contribution in [-0.2, 0) is 15.9 Å². The second kappa shape index (κ2) is 5.00. The van der Waals surface area contributed by atoms with Crippen LogP contribution in [0.1, 0.15) is 5.76 Å². The van der Waals surface area contributed by atoms with E-state index in [1.807, 2.05) is 0 Å². The van der Waals surface area contributed by atoms with Crippen molar-refractivity contribution in [3.05, 3.63) is 17.9 Å². The predicted molar refractivity (Wildman–Crippen MR) is 64.3 cm³/mol. The molecule has 1 aliphatic heterocycles. The van der Waals surface area contributed by atoms with Gasteiger partial charge in [-0.15, -0.1) is 11.6 Å². The first-order valence-electron chi connectivity index (χ1n) is 4.87. The highest BCUT2D eigenvalue weighted by atomic mass is 35.5. The molecule has 0 saturated carbocycles. The molecule has 2 heterocycles. The van der Waals surface area contributed by atoms with Gasteiger partial charge in [-0.25, -0.2) is 8.42 Å². The third-order valence-corrected chi connectivity index (χ3v) is 5.31. The van der Waals surface area contributed by atoms with Gasteiger partial charge in [-0.2, -0.15) is 16.1 Å². The van der Waals surface area contributed by atoms with Crippen LogP contribution in [0.15, 0.2) is 21.6 Å². The zero-order valence-corrected chi connectivity index (χ0v) is 10.9. The average molecular weight is 282 g/mol. The highest BCUT2D eigenvalue weighted by Gasteiger charge is 2.28. The molecule has 0 unspecified atom stereocenters. The summed E-state index contributed by atoms with van der Waals surface area (Å²) < 4.78 is 30.8. The Balaban J connectivity index is 2.23. The van der Waals surface area contributed by atoms with E-state index in [0.717, 1.165) is 11.5 Å². The maximum atomic E-state index is 12.1. The maximum Gasteiger partial charge on any atom is 0.276 e. The van der Waals surface area contributed by atoms with Crippen LogP contribution in [0.4, 0.5) is 0 Å². The Morgan fingerprint density at radius 3 is 2.62 bits per heavy atom. The van der Waals surface area contributed by atoms with Crippen LogP contribution in [0, 0.1) is 0 Å². The van der Waals surface area contributed by atoms with Crippen LogP contribution >= 0.6 is 23.4 Å². The molecular formula is C9H12ClNO3S2. The van der Waals surface area contributed by atoms with Gasteiger partial charge in [0.2, 0.25) is 5.09 Å². The van der Waals surface area contributed by atoms with Gasteiger partial charge in [0.25, 0.3) is 10.0 Å². The Kier molecular flexibility index (Phi) is 3.84. The molecule has 0 radical (unpaired) electrons. The summed E-state index contributed by atoms with van der Waals surface area (Å²) in [6.07, 6.45) is 0. The van der Waals surface area contributed by atoms with E-state index in [1.165, 1.54) is 10.4 Å². The topological polar surface area (TPSA) is 50.5 Å². The highest BCUT2D eigenvalue weighted by Crippen LogP contribution is 2.22. The molecule has 0 amide bonds. The number of hydrogen-bond donors (Lipinski definition) is 0. The molecule has 0 aliphatic carbocycles. The summed E-state index contributed by atoms with van der Waals surface area (Å²) in [5.41, 5.74) is 0. The Morgan fingerprint density at radius 2 is 2.06 bits per heavy atom. The summed E-state index contributed by atoms with van der Waals surface area (Å²) >= 11 is 7.33. The SMILES string of the molecule is O=S(=O)(c1ccc(CCl)o1)N1CCSCC1.